The van der Waals surface area contributed by atoms with Gasteiger partial charge in [0.2, 0.25) is 0 Å². The van der Waals surface area contributed by atoms with Gasteiger partial charge in [-0.1, -0.05) is 0 Å². The molecule has 0 unspecified atom stereocenters. The van der Waals surface area contributed by atoms with Gasteiger partial charge in [0, 0.05) is 19.8 Å². The van der Waals surface area contributed by atoms with E-state index in [0.29, 0.717) is 26.4 Å². The van der Waals surface area contributed by atoms with Gasteiger partial charge in [-0.15, -0.1) is 4.85 Å². The summed E-state index contributed by atoms with van der Waals surface area (Å²) in [6.07, 6.45) is 0. The van der Waals surface area contributed by atoms with Crippen molar-refractivity contribution >= 4 is 28.1 Å². The lowest BCUT2D eigenvalue weighted by atomic mass is 10.2. The third-order valence-corrected chi connectivity index (χ3v) is 2.73. The van der Waals surface area contributed by atoms with Crippen LogP contribution in [0, 0.1) is 5.21 Å². The minimum atomic E-state index is 0.300. The minimum Gasteiger partial charge on any atom is -0.690 e. The molecule has 0 bridgehead atoms. The fourth-order valence-corrected chi connectivity index (χ4v) is 1.88. The number of nitrogens with one attached hydrogen (secondary N) is 3. The number of benzene rings is 1. The van der Waals surface area contributed by atoms with Gasteiger partial charge in [-0.25, -0.2) is 0 Å². The van der Waals surface area contributed by atoms with Crippen LogP contribution in [0.15, 0.2) is 12.1 Å². The van der Waals surface area contributed by atoms with Crippen LogP contribution in [0.1, 0.15) is 0 Å². The Morgan fingerprint density at radius 3 is 2.41 bits per heavy atom. The minimum absolute atomic E-state index is 0.300. The molecule has 2 aromatic rings. The Kier molecular flexibility index (Phi) is 2.58. The Bertz CT molecular complexity index is 564. The average Bonchev–Trinajstić information content (AvgIpc) is 2.61. The molecule has 2 rings (SSSR count). The third kappa shape index (κ3) is 1.47. The van der Waals surface area contributed by atoms with Crippen molar-refractivity contribution in [3.63, 3.8) is 0 Å². The molecular weight excluding hydrogens is 222 g/mol. The first-order chi connectivity index (χ1) is 8.13. The molecule has 7 nitrogen and oxygen atoms in total. The monoisotopic (exact) mass is 237 g/mol. The number of fused-ring (bicyclic) bond motifs is 1. The van der Waals surface area contributed by atoms with Crippen molar-refractivity contribution in [2.24, 2.45) is 0 Å². The number of aromatic nitrogens is 2. The van der Waals surface area contributed by atoms with E-state index in [1.165, 1.54) is 0 Å². The Morgan fingerprint density at radius 1 is 1.18 bits per heavy atom. The number of nitrogens with zero attached hydrogens (tertiary/aromatic N) is 2. The van der Waals surface area contributed by atoms with Gasteiger partial charge in [-0.2, -0.15) is 0 Å². The van der Waals surface area contributed by atoms with Crippen LogP contribution < -0.4 is 20.8 Å². The predicted molar refractivity (Wildman–Crippen MR) is 66.7 cm³/mol. The van der Waals surface area contributed by atoms with Gasteiger partial charge in [-0.3, -0.25) is 5.32 Å². The van der Waals surface area contributed by atoms with Crippen molar-refractivity contribution in [1.82, 2.24) is 4.85 Å². The zero-order valence-corrected chi connectivity index (χ0v) is 9.90. The standard InChI is InChI=1S/C10H15N5O2/c1-11-6-4-7(12-2)9-8(5-6)14(16)15(17)10(9)13-3/h4-5,11-13,16H,1-3H3. The molecule has 1 heterocycles. The summed E-state index contributed by atoms with van der Waals surface area (Å²) < 4.78 is 0. The van der Waals surface area contributed by atoms with Crippen LogP contribution in [0.25, 0.3) is 10.9 Å². The second kappa shape index (κ2) is 3.93. The summed E-state index contributed by atoms with van der Waals surface area (Å²) in [6, 6.07) is 3.56. The normalized spacial score (nSPS) is 10.5. The molecule has 1 aromatic heterocycles. The molecule has 0 fully saturated rings. The molecule has 0 aliphatic rings. The maximum absolute atomic E-state index is 11.7. The van der Waals surface area contributed by atoms with E-state index in [9.17, 15) is 10.4 Å². The van der Waals surface area contributed by atoms with Gasteiger partial charge in [0.15, 0.2) is 0 Å². The van der Waals surface area contributed by atoms with Crippen molar-refractivity contribution in [2.45, 2.75) is 0 Å². The highest BCUT2D eigenvalue weighted by Gasteiger charge is 2.21. The first-order valence-corrected chi connectivity index (χ1v) is 5.18. The van der Waals surface area contributed by atoms with E-state index in [1.807, 2.05) is 6.07 Å². The van der Waals surface area contributed by atoms with Gasteiger partial charge in [-0.05, 0) is 17.0 Å². The molecule has 4 N–H and O–H groups in total. The Balaban J connectivity index is 2.89. The molecule has 0 spiro atoms. The van der Waals surface area contributed by atoms with Crippen molar-refractivity contribution in [2.75, 3.05) is 37.1 Å². The number of rotatable bonds is 3. The highest BCUT2D eigenvalue weighted by molar-refractivity contribution is 6.01. The van der Waals surface area contributed by atoms with Crippen molar-refractivity contribution < 1.29 is 10.1 Å². The van der Waals surface area contributed by atoms with Crippen molar-refractivity contribution in [3.05, 3.63) is 17.3 Å². The van der Waals surface area contributed by atoms with Crippen LogP contribution in [0.5, 0.6) is 0 Å². The molecule has 92 valence electrons. The van der Waals surface area contributed by atoms with E-state index in [0.717, 1.165) is 11.4 Å². The molecule has 1 aromatic carbocycles. The van der Waals surface area contributed by atoms with E-state index in [4.69, 9.17) is 0 Å². The zero-order chi connectivity index (χ0) is 12.6. The molecule has 0 amide bonds. The van der Waals surface area contributed by atoms with Gasteiger partial charge in [0.05, 0.1) is 12.7 Å². The van der Waals surface area contributed by atoms with E-state index < -0.39 is 0 Å². The van der Waals surface area contributed by atoms with Gasteiger partial charge in [0.25, 0.3) is 0 Å². The van der Waals surface area contributed by atoms with Crippen LogP contribution >= 0.6 is 0 Å². The Labute approximate surface area is 98.2 Å². The number of anilines is 3. The largest absolute Gasteiger partial charge is 0.690 e. The quantitative estimate of drug-likeness (QED) is 0.357. The molecule has 0 saturated carbocycles. The third-order valence-electron chi connectivity index (χ3n) is 2.73. The maximum atomic E-state index is 11.7. The Hall–Kier alpha value is -2.31. The molecular formula is C10H15N5O2. The summed E-state index contributed by atoms with van der Waals surface area (Å²) in [6.45, 7) is 0. The van der Waals surface area contributed by atoms with Crippen molar-refractivity contribution in [3.8, 4) is 0 Å². The second-order valence-corrected chi connectivity index (χ2v) is 3.58. The van der Waals surface area contributed by atoms with Crippen LogP contribution in [-0.4, -0.2) is 31.2 Å². The summed E-state index contributed by atoms with van der Waals surface area (Å²) in [5.41, 5.74) is 1.99. The fraction of sp³-hybridized carbons (Fsp3) is 0.300. The number of hydrogen-bond donors (Lipinski definition) is 4. The lowest BCUT2D eigenvalue weighted by molar-refractivity contribution is -0.709. The lowest BCUT2D eigenvalue weighted by Gasteiger charge is -2.05. The van der Waals surface area contributed by atoms with Gasteiger partial charge in [0.1, 0.15) is 10.9 Å². The highest BCUT2D eigenvalue weighted by Crippen LogP contribution is 2.31. The van der Waals surface area contributed by atoms with E-state index in [2.05, 4.69) is 16.0 Å². The summed E-state index contributed by atoms with van der Waals surface area (Å²) in [5.74, 6) is 0.300. The van der Waals surface area contributed by atoms with E-state index in [-0.39, 0.29) is 0 Å². The first kappa shape index (κ1) is 11.2. The van der Waals surface area contributed by atoms with Gasteiger partial charge >= 0.3 is 5.82 Å². The highest BCUT2D eigenvalue weighted by atomic mass is 16.6. The number of hydrogen-bond acceptors (Lipinski definition) is 5. The summed E-state index contributed by atoms with van der Waals surface area (Å²) in [5, 5.41) is 30.8. The fourth-order valence-electron chi connectivity index (χ4n) is 1.88. The van der Waals surface area contributed by atoms with Gasteiger partial charge < -0.3 is 21.0 Å². The molecule has 7 heteroatoms. The molecule has 17 heavy (non-hydrogen) atoms. The van der Waals surface area contributed by atoms with Crippen LogP contribution in [0.3, 0.4) is 0 Å². The van der Waals surface area contributed by atoms with E-state index in [1.54, 1.807) is 27.2 Å². The van der Waals surface area contributed by atoms with E-state index >= 15 is 0 Å². The molecule has 0 saturated heterocycles. The first-order valence-electron chi connectivity index (χ1n) is 5.18. The maximum Gasteiger partial charge on any atom is 0.311 e. The summed E-state index contributed by atoms with van der Waals surface area (Å²) in [4.78, 5) is 0.980. The molecule has 0 atom stereocenters. The van der Waals surface area contributed by atoms with Crippen molar-refractivity contribution in [1.29, 1.82) is 0 Å². The SMILES string of the molecule is CNc1cc(NC)c2c(NC)[n+]([O-])n(O)c2c1. The second-order valence-electron chi connectivity index (χ2n) is 3.58. The molecule has 0 aliphatic carbocycles. The summed E-state index contributed by atoms with van der Waals surface area (Å²) in [7, 11) is 5.17. The molecule has 0 radical (unpaired) electrons. The zero-order valence-electron chi connectivity index (χ0n) is 9.90. The predicted octanol–water partition coefficient (Wildman–Crippen LogP) is 0.637. The smallest absolute Gasteiger partial charge is 0.311 e. The average molecular weight is 237 g/mol. The van der Waals surface area contributed by atoms with Crippen LogP contribution in [0.2, 0.25) is 0 Å². The Morgan fingerprint density at radius 2 is 1.88 bits per heavy atom. The topological polar surface area (TPSA) is 88.2 Å². The molecule has 0 aliphatic heterocycles. The van der Waals surface area contributed by atoms with Crippen LogP contribution in [-0.2, 0) is 0 Å². The lowest BCUT2D eigenvalue weighted by Crippen LogP contribution is -2.37. The van der Waals surface area contributed by atoms with Crippen LogP contribution in [0.4, 0.5) is 17.2 Å². The summed E-state index contributed by atoms with van der Waals surface area (Å²) >= 11 is 0.